The Morgan fingerprint density at radius 1 is 1.25 bits per heavy atom. The first-order valence-corrected chi connectivity index (χ1v) is 5.60. The molecular weight excluding hydrogens is 268 g/mol. The van der Waals surface area contributed by atoms with Crippen LogP contribution in [0.25, 0.3) is 0 Å². The van der Waals surface area contributed by atoms with Gasteiger partial charge >= 0.3 is 0 Å². The van der Waals surface area contributed by atoms with Crippen molar-refractivity contribution in [3.05, 3.63) is 46.6 Å². The van der Waals surface area contributed by atoms with E-state index in [1.807, 2.05) is 25.1 Å². The summed E-state index contributed by atoms with van der Waals surface area (Å²) in [4.78, 5) is 4.08. The third-order valence-electron chi connectivity index (χ3n) is 2.11. The second kappa shape index (κ2) is 4.53. The average Bonchev–Trinajstić information content (AvgIpc) is 2.22. The van der Waals surface area contributed by atoms with Crippen molar-refractivity contribution < 1.29 is 4.74 Å². The smallest absolute Gasteiger partial charge is 0.221 e. The third-order valence-corrected chi connectivity index (χ3v) is 2.60. The Bertz CT molecular complexity index is 514. The molecule has 0 atom stereocenters. The topological polar surface area (TPSA) is 48.1 Å². The van der Waals surface area contributed by atoms with E-state index in [4.69, 9.17) is 10.5 Å². The van der Waals surface area contributed by atoms with Crippen LogP contribution in [0.15, 0.2) is 41.0 Å². The maximum Gasteiger partial charge on any atom is 0.221 e. The van der Waals surface area contributed by atoms with E-state index in [2.05, 4.69) is 20.9 Å². The third kappa shape index (κ3) is 2.52. The maximum atomic E-state index is 5.65. The molecule has 0 spiro atoms. The van der Waals surface area contributed by atoms with Gasteiger partial charge in [0.05, 0.1) is 0 Å². The molecule has 0 unspecified atom stereocenters. The minimum Gasteiger partial charge on any atom is -0.439 e. The highest BCUT2D eigenvalue weighted by molar-refractivity contribution is 9.10. The molecule has 0 aliphatic rings. The van der Waals surface area contributed by atoms with Gasteiger partial charge in [0, 0.05) is 22.4 Å². The average molecular weight is 279 g/mol. The Kier molecular flexibility index (Phi) is 3.10. The molecule has 2 aromatic rings. The number of nitrogen functional groups attached to an aromatic ring is 1. The summed E-state index contributed by atoms with van der Waals surface area (Å²) in [6.07, 6.45) is 1.62. The van der Waals surface area contributed by atoms with E-state index in [9.17, 15) is 0 Å². The van der Waals surface area contributed by atoms with Crippen LogP contribution < -0.4 is 10.5 Å². The van der Waals surface area contributed by atoms with Crippen LogP contribution in [0.5, 0.6) is 11.6 Å². The molecule has 0 saturated heterocycles. The number of aryl methyl sites for hydroxylation is 1. The summed E-state index contributed by atoms with van der Waals surface area (Å²) in [5.41, 5.74) is 7.33. The zero-order valence-corrected chi connectivity index (χ0v) is 10.4. The fourth-order valence-corrected chi connectivity index (χ4v) is 1.80. The van der Waals surface area contributed by atoms with Crippen molar-refractivity contribution in [1.29, 1.82) is 0 Å². The van der Waals surface area contributed by atoms with E-state index in [1.165, 1.54) is 0 Å². The fourth-order valence-electron chi connectivity index (χ4n) is 1.32. The molecule has 0 bridgehead atoms. The van der Waals surface area contributed by atoms with E-state index in [0.717, 1.165) is 15.8 Å². The minimum absolute atomic E-state index is 0.505. The van der Waals surface area contributed by atoms with Gasteiger partial charge in [-0.05, 0) is 36.8 Å². The predicted molar refractivity (Wildman–Crippen MR) is 67.6 cm³/mol. The van der Waals surface area contributed by atoms with Crippen molar-refractivity contribution in [3.63, 3.8) is 0 Å². The second-order valence-corrected chi connectivity index (χ2v) is 4.35. The van der Waals surface area contributed by atoms with E-state index in [0.29, 0.717) is 11.6 Å². The Morgan fingerprint density at radius 2 is 2.06 bits per heavy atom. The van der Waals surface area contributed by atoms with E-state index < -0.39 is 0 Å². The first kappa shape index (κ1) is 11.0. The summed E-state index contributed by atoms with van der Waals surface area (Å²) in [5.74, 6) is 1.28. The van der Waals surface area contributed by atoms with Crippen molar-refractivity contribution in [3.8, 4) is 11.6 Å². The first-order chi connectivity index (χ1) is 7.65. The zero-order valence-electron chi connectivity index (χ0n) is 8.77. The number of halogens is 1. The molecule has 0 aliphatic carbocycles. The van der Waals surface area contributed by atoms with Crippen LogP contribution in [0.3, 0.4) is 0 Å². The molecule has 0 saturated carbocycles. The number of ether oxygens (including phenoxy) is 1. The van der Waals surface area contributed by atoms with Gasteiger partial charge in [0.25, 0.3) is 0 Å². The lowest BCUT2D eigenvalue weighted by Crippen LogP contribution is -1.92. The lowest BCUT2D eigenvalue weighted by atomic mass is 10.2. The van der Waals surface area contributed by atoms with Gasteiger partial charge in [0.1, 0.15) is 5.75 Å². The number of nitrogens with zero attached hydrogens (tertiary/aromatic N) is 1. The van der Waals surface area contributed by atoms with Gasteiger partial charge in [-0.25, -0.2) is 4.98 Å². The molecule has 82 valence electrons. The summed E-state index contributed by atoms with van der Waals surface area (Å²) < 4.78 is 6.66. The van der Waals surface area contributed by atoms with Crippen molar-refractivity contribution in [2.75, 3.05) is 5.73 Å². The number of rotatable bonds is 2. The number of aromatic nitrogens is 1. The summed E-state index contributed by atoms with van der Waals surface area (Å²) in [6.45, 7) is 1.98. The van der Waals surface area contributed by atoms with Crippen LogP contribution in [0.1, 0.15) is 5.56 Å². The van der Waals surface area contributed by atoms with Crippen LogP contribution >= 0.6 is 15.9 Å². The molecule has 0 amide bonds. The van der Waals surface area contributed by atoms with E-state index in [1.54, 1.807) is 18.3 Å². The Hall–Kier alpha value is -1.55. The summed E-state index contributed by atoms with van der Waals surface area (Å²) in [6, 6.07) is 9.23. The number of anilines is 1. The van der Waals surface area contributed by atoms with Crippen LogP contribution in [0.2, 0.25) is 0 Å². The highest BCUT2D eigenvalue weighted by Gasteiger charge is 2.03. The number of benzene rings is 1. The molecule has 4 heteroatoms. The molecule has 3 nitrogen and oxygen atoms in total. The monoisotopic (exact) mass is 278 g/mol. The van der Waals surface area contributed by atoms with Crippen LogP contribution in [0.4, 0.5) is 5.69 Å². The quantitative estimate of drug-likeness (QED) is 0.914. The predicted octanol–water partition coefficient (Wildman–Crippen LogP) is 3.53. The highest BCUT2D eigenvalue weighted by Crippen LogP contribution is 2.26. The molecule has 2 N–H and O–H groups in total. The second-order valence-electron chi connectivity index (χ2n) is 3.44. The normalized spacial score (nSPS) is 10.1. The molecule has 2 rings (SSSR count). The minimum atomic E-state index is 0.505. The fraction of sp³-hybridized carbons (Fsp3) is 0.0833. The molecule has 16 heavy (non-hydrogen) atoms. The number of nitrogens with two attached hydrogens (primary N) is 1. The van der Waals surface area contributed by atoms with Gasteiger partial charge in [0.15, 0.2) is 0 Å². The van der Waals surface area contributed by atoms with E-state index >= 15 is 0 Å². The molecule has 0 fully saturated rings. The lowest BCUT2D eigenvalue weighted by molar-refractivity contribution is 0.460. The number of hydrogen-bond acceptors (Lipinski definition) is 3. The van der Waals surface area contributed by atoms with Gasteiger partial charge in [-0.3, -0.25) is 0 Å². The van der Waals surface area contributed by atoms with Gasteiger partial charge in [-0.1, -0.05) is 15.9 Å². The number of pyridine rings is 1. The molecule has 1 heterocycles. The van der Waals surface area contributed by atoms with Crippen molar-refractivity contribution >= 4 is 21.6 Å². The van der Waals surface area contributed by atoms with Crippen molar-refractivity contribution in [2.45, 2.75) is 6.92 Å². The Labute approximate surface area is 102 Å². The summed E-state index contributed by atoms with van der Waals surface area (Å²) in [7, 11) is 0. The van der Waals surface area contributed by atoms with Gasteiger partial charge < -0.3 is 10.5 Å². The SMILES string of the molecule is Cc1cc(Br)ccc1Oc1cc(N)ccn1. The van der Waals surface area contributed by atoms with Crippen LogP contribution in [0, 0.1) is 6.92 Å². The molecule has 1 aromatic heterocycles. The van der Waals surface area contributed by atoms with Crippen LogP contribution in [-0.2, 0) is 0 Å². The van der Waals surface area contributed by atoms with Crippen molar-refractivity contribution in [2.24, 2.45) is 0 Å². The van der Waals surface area contributed by atoms with Gasteiger partial charge in [0.2, 0.25) is 5.88 Å². The van der Waals surface area contributed by atoms with Crippen LogP contribution in [-0.4, -0.2) is 4.98 Å². The summed E-state index contributed by atoms with van der Waals surface area (Å²) in [5, 5.41) is 0. The van der Waals surface area contributed by atoms with E-state index in [-0.39, 0.29) is 0 Å². The number of hydrogen-bond donors (Lipinski definition) is 1. The highest BCUT2D eigenvalue weighted by atomic mass is 79.9. The lowest BCUT2D eigenvalue weighted by Gasteiger charge is -2.08. The molecular formula is C12H11BrN2O. The maximum absolute atomic E-state index is 5.65. The molecule has 0 aliphatic heterocycles. The van der Waals surface area contributed by atoms with Crippen molar-refractivity contribution in [1.82, 2.24) is 4.98 Å². The Morgan fingerprint density at radius 3 is 2.75 bits per heavy atom. The summed E-state index contributed by atoms with van der Waals surface area (Å²) >= 11 is 3.40. The molecule has 1 aromatic carbocycles. The molecule has 0 radical (unpaired) electrons. The van der Waals surface area contributed by atoms with Gasteiger partial charge in [-0.2, -0.15) is 0 Å². The first-order valence-electron chi connectivity index (χ1n) is 4.81. The standard InChI is InChI=1S/C12H11BrN2O/c1-8-6-9(13)2-3-11(8)16-12-7-10(14)4-5-15-12/h2-7H,1H3,(H2,14,15). The zero-order chi connectivity index (χ0) is 11.5. The Balaban J connectivity index is 2.27. The largest absolute Gasteiger partial charge is 0.439 e. The van der Waals surface area contributed by atoms with Gasteiger partial charge in [-0.15, -0.1) is 0 Å².